The summed E-state index contributed by atoms with van der Waals surface area (Å²) in [7, 11) is -3.87. The summed E-state index contributed by atoms with van der Waals surface area (Å²) in [6, 6.07) is 3.67. The lowest BCUT2D eigenvalue weighted by atomic mass is 10.2. The quantitative estimate of drug-likeness (QED) is 0.881. The highest BCUT2D eigenvalue weighted by Crippen LogP contribution is 2.16. The molecule has 0 fully saturated rings. The Morgan fingerprint density at radius 3 is 2.61 bits per heavy atom. The summed E-state index contributed by atoms with van der Waals surface area (Å²) in [6.45, 7) is 3.19. The molecule has 18 heavy (non-hydrogen) atoms. The molecule has 0 spiro atoms. The van der Waals surface area contributed by atoms with Crippen LogP contribution in [0.4, 0.5) is 10.3 Å². The number of hydrogen-bond donors (Lipinski definition) is 2. The first kappa shape index (κ1) is 12.5. The lowest BCUT2D eigenvalue weighted by molar-refractivity contribution is 0.593. The fourth-order valence-corrected chi connectivity index (χ4v) is 2.26. The van der Waals surface area contributed by atoms with Crippen LogP contribution in [0.15, 0.2) is 23.1 Å². The second-order valence-corrected chi connectivity index (χ2v) is 5.44. The SMILES string of the molecule is Cc1nc(NS(=O)(=O)c2ccc(C)c(F)c2)n[nH]1. The third-order valence-electron chi connectivity index (χ3n) is 2.28. The molecule has 0 unspecified atom stereocenters. The van der Waals surface area contributed by atoms with Gasteiger partial charge in [0.1, 0.15) is 11.6 Å². The van der Waals surface area contributed by atoms with Crippen LogP contribution in [0.1, 0.15) is 11.4 Å². The van der Waals surface area contributed by atoms with E-state index in [0.29, 0.717) is 11.4 Å². The Hall–Kier alpha value is -1.96. The van der Waals surface area contributed by atoms with Gasteiger partial charge < -0.3 is 0 Å². The molecule has 1 heterocycles. The summed E-state index contributed by atoms with van der Waals surface area (Å²) in [5.41, 5.74) is 0.377. The fraction of sp³-hybridized carbons (Fsp3) is 0.200. The summed E-state index contributed by atoms with van der Waals surface area (Å²) in [5, 5.41) is 6.15. The van der Waals surface area contributed by atoms with Crippen molar-refractivity contribution in [2.24, 2.45) is 0 Å². The van der Waals surface area contributed by atoms with Crippen molar-refractivity contribution in [1.29, 1.82) is 0 Å². The first-order chi connectivity index (χ1) is 8.38. The van der Waals surface area contributed by atoms with E-state index in [1.165, 1.54) is 12.1 Å². The van der Waals surface area contributed by atoms with Crippen LogP contribution in [0.5, 0.6) is 0 Å². The lowest BCUT2D eigenvalue weighted by Crippen LogP contribution is -2.14. The number of aromatic amines is 1. The van der Waals surface area contributed by atoms with Crippen LogP contribution < -0.4 is 4.72 Å². The first-order valence-electron chi connectivity index (χ1n) is 5.06. The summed E-state index contributed by atoms with van der Waals surface area (Å²) in [5.74, 6) is -0.180. The van der Waals surface area contributed by atoms with Gasteiger partial charge in [-0.2, -0.15) is 4.98 Å². The van der Waals surface area contributed by atoms with E-state index in [4.69, 9.17) is 0 Å². The van der Waals surface area contributed by atoms with Gasteiger partial charge in [-0.05, 0) is 31.5 Å². The van der Waals surface area contributed by atoms with E-state index in [9.17, 15) is 12.8 Å². The number of rotatable bonds is 3. The Balaban J connectivity index is 2.33. The van der Waals surface area contributed by atoms with Crippen LogP contribution in [0.2, 0.25) is 0 Å². The van der Waals surface area contributed by atoms with E-state index < -0.39 is 15.8 Å². The number of H-pyrrole nitrogens is 1. The molecule has 0 saturated carbocycles. The van der Waals surface area contributed by atoms with E-state index in [2.05, 4.69) is 19.9 Å². The molecule has 8 heteroatoms. The van der Waals surface area contributed by atoms with E-state index in [1.807, 2.05) is 0 Å². The maximum Gasteiger partial charge on any atom is 0.264 e. The van der Waals surface area contributed by atoms with Crippen LogP contribution in [0, 0.1) is 19.7 Å². The van der Waals surface area contributed by atoms with E-state index in [1.54, 1.807) is 13.8 Å². The Bertz CT molecular complexity index is 681. The molecule has 0 bridgehead atoms. The number of benzene rings is 1. The van der Waals surface area contributed by atoms with Crippen molar-refractivity contribution < 1.29 is 12.8 Å². The molecule has 2 rings (SSSR count). The number of anilines is 1. The number of hydrogen-bond acceptors (Lipinski definition) is 4. The minimum Gasteiger partial charge on any atom is -0.261 e. The van der Waals surface area contributed by atoms with Crippen molar-refractivity contribution in [3.8, 4) is 0 Å². The number of aryl methyl sites for hydroxylation is 2. The standard InChI is InChI=1S/C10H11FN4O2S/c1-6-3-4-8(5-9(6)11)18(16,17)15-10-12-7(2)13-14-10/h3-5H,1-2H3,(H2,12,13,14,15). The Labute approximate surface area is 103 Å². The van der Waals surface area contributed by atoms with Gasteiger partial charge in [0.25, 0.3) is 16.0 Å². The number of aromatic nitrogens is 3. The summed E-state index contributed by atoms with van der Waals surface area (Å²) in [6.07, 6.45) is 0. The Morgan fingerprint density at radius 1 is 1.33 bits per heavy atom. The zero-order valence-corrected chi connectivity index (χ0v) is 10.5. The number of halogens is 1. The van der Waals surface area contributed by atoms with Crippen molar-refractivity contribution in [3.05, 3.63) is 35.4 Å². The Morgan fingerprint density at radius 2 is 2.06 bits per heavy atom. The maximum absolute atomic E-state index is 13.3. The molecule has 1 aromatic heterocycles. The van der Waals surface area contributed by atoms with Crippen molar-refractivity contribution in [2.75, 3.05) is 4.72 Å². The van der Waals surface area contributed by atoms with Gasteiger partial charge in [0.05, 0.1) is 4.90 Å². The highest BCUT2D eigenvalue weighted by atomic mass is 32.2. The minimum absolute atomic E-state index is 0.0755. The van der Waals surface area contributed by atoms with E-state index in [-0.39, 0.29) is 10.8 Å². The zero-order valence-electron chi connectivity index (χ0n) is 9.73. The monoisotopic (exact) mass is 270 g/mol. The topological polar surface area (TPSA) is 87.7 Å². The van der Waals surface area contributed by atoms with Gasteiger partial charge in [-0.1, -0.05) is 6.07 Å². The summed E-state index contributed by atoms with van der Waals surface area (Å²) in [4.78, 5) is 3.64. The van der Waals surface area contributed by atoms with Gasteiger partial charge in [0.2, 0.25) is 0 Å². The van der Waals surface area contributed by atoms with E-state index >= 15 is 0 Å². The molecular formula is C10H11FN4O2S. The van der Waals surface area contributed by atoms with Gasteiger partial charge in [-0.25, -0.2) is 17.5 Å². The molecular weight excluding hydrogens is 259 g/mol. The van der Waals surface area contributed by atoms with Crippen molar-refractivity contribution >= 4 is 16.0 Å². The normalized spacial score (nSPS) is 11.5. The molecule has 0 saturated heterocycles. The molecule has 6 nitrogen and oxygen atoms in total. The van der Waals surface area contributed by atoms with Crippen LogP contribution in [-0.4, -0.2) is 23.6 Å². The lowest BCUT2D eigenvalue weighted by Gasteiger charge is -2.05. The van der Waals surface area contributed by atoms with Crippen LogP contribution in [0.25, 0.3) is 0 Å². The minimum atomic E-state index is -3.87. The predicted octanol–water partition coefficient (Wildman–Crippen LogP) is 1.36. The number of nitrogens with one attached hydrogen (secondary N) is 2. The van der Waals surface area contributed by atoms with Gasteiger partial charge in [0, 0.05) is 0 Å². The van der Waals surface area contributed by atoms with E-state index in [0.717, 1.165) is 6.07 Å². The molecule has 1 aromatic carbocycles. The molecule has 0 atom stereocenters. The maximum atomic E-state index is 13.3. The van der Waals surface area contributed by atoms with Crippen molar-refractivity contribution in [1.82, 2.24) is 15.2 Å². The third kappa shape index (κ3) is 2.48. The average Bonchev–Trinajstić information content (AvgIpc) is 2.67. The van der Waals surface area contributed by atoms with Gasteiger partial charge in [-0.3, -0.25) is 5.10 Å². The fourth-order valence-electron chi connectivity index (χ4n) is 1.31. The van der Waals surface area contributed by atoms with Crippen LogP contribution in [0.3, 0.4) is 0 Å². The molecule has 0 aliphatic carbocycles. The van der Waals surface area contributed by atoms with Crippen molar-refractivity contribution in [2.45, 2.75) is 18.7 Å². The van der Waals surface area contributed by atoms with Crippen LogP contribution >= 0.6 is 0 Å². The summed E-state index contributed by atoms with van der Waals surface area (Å²) < 4.78 is 39.3. The zero-order chi connectivity index (χ0) is 13.3. The summed E-state index contributed by atoms with van der Waals surface area (Å²) >= 11 is 0. The number of nitrogens with zero attached hydrogens (tertiary/aromatic N) is 2. The Kier molecular flexibility index (Phi) is 3.04. The van der Waals surface area contributed by atoms with Gasteiger partial charge >= 0.3 is 0 Å². The second kappa shape index (κ2) is 4.37. The third-order valence-corrected chi connectivity index (χ3v) is 3.60. The van der Waals surface area contributed by atoms with Gasteiger partial charge in [-0.15, -0.1) is 5.10 Å². The largest absolute Gasteiger partial charge is 0.264 e. The smallest absolute Gasteiger partial charge is 0.261 e. The average molecular weight is 270 g/mol. The van der Waals surface area contributed by atoms with Crippen LogP contribution in [-0.2, 0) is 10.0 Å². The first-order valence-corrected chi connectivity index (χ1v) is 6.55. The molecule has 0 amide bonds. The molecule has 96 valence electrons. The molecule has 0 radical (unpaired) electrons. The highest BCUT2D eigenvalue weighted by Gasteiger charge is 2.17. The van der Waals surface area contributed by atoms with Crippen molar-refractivity contribution in [3.63, 3.8) is 0 Å². The predicted molar refractivity (Wildman–Crippen MR) is 63.1 cm³/mol. The molecule has 2 N–H and O–H groups in total. The second-order valence-electron chi connectivity index (χ2n) is 3.76. The number of sulfonamides is 1. The molecule has 0 aliphatic heterocycles. The molecule has 0 aliphatic rings. The molecule has 2 aromatic rings. The highest BCUT2D eigenvalue weighted by molar-refractivity contribution is 7.92. The van der Waals surface area contributed by atoms with Gasteiger partial charge in [0.15, 0.2) is 0 Å².